The van der Waals surface area contributed by atoms with Crippen LogP contribution in [0.3, 0.4) is 0 Å². The first kappa shape index (κ1) is 16.5. The molecular formula is C17H22BrNOS. The largest absolute Gasteiger partial charge is 0.496 e. The van der Waals surface area contributed by atoms with E-state index in [1.807, 2.05) is 0 Å². The molecule has 0 aliphatic carbocycles. The van der Waals surface area contributed by atoms with Crippen LogP contribution in [0.25, 0.3) is 0 Å². The average molecular weight is 368 g/mol. The molecule has 0 aliphatic rings. The smallest absolute Gasteiger partial charge is 0.123 e. The lowest BCUT2D eigenvalue weighted by Gasteiger charge is -2.21. The van der Waals surface area contributed by atoms with Crippen LogP contribution in [0.1, 0.15) is 35.4 Å². The molecule has 114 valence electrons. The Kier molecular flexibility index (Phi) is 6.27. The maximum atomic E-state index is 5.56. The molecule has 21 heavy (non-hydrogen) atoms. The van der Waals surface area contributed by atoms with Crippen molar-refractivity contribution in [1.29, 1.82) is 0 Å². The fraction of sp³-hybridized carbons (Fsp3) is 0.412. The molecule has 2 nitrogen and oxygen atoms in total. The maximum Gasteiger partial charge on any atom is 0.123 e. The van der Waals surface area contributed by atoms with Crippen LogP contribution in [0.2, 0.25) is 0 Å². The minimum Gasteiger partial charge on any atom is -0.496 e. The van der Waals surface area contributed by atoms with Gasteiger partial charge in [-0.3, -0.25) is 0 Å². The Labute approximate surface area is 139 Å². The molecule has 1 heterocycles. The van der Waals surface area contributed by atoms with E-state index >= 15 is 0 Å². The number of ether oxygens (including phenoxy) is 1. The highest BCUT2D eigenvalue weighted by Gasteiger charge is 2.17. The van der Waals surface area contributed by atoms with Crippen molar-refractivity contribution < 1.29 is 4.74 Å². The van der Waals surface area contributed by atoms with Crippen LogP contribution in [-0.2, 0) is 6.42 Å². The normalized spacial score (nSPS) is 12.4. The number of hydrogen-bond donors (Lipinski definition) is 1. The van der Waals surface area contributed by atoms with E-state index in [4.69, 9.17) is 4.74 Å². The molecule has 4 heteroatoms. The van der Waals surface area contributed by atoms with E-state index < -0.39 is 0 Å². The van der Waals surface area contributed by atoms with Gasteiger partial charge >= 0.3 is 0 Å². The summed E-state index contributed by atoms with van der Waals surface area (Å²) in [5.41, 5.74) is 2.51. The van der Waals surface area contributed by atoms with Crippen molar-refractivity contribution in [3.63, 3.8) is 0 Å². The minimum atomic E-state index is 0.283. The molecule has 0 saturated carbocycles. The molecular weight excluding hydrogens is 346 g/mol. The molecule has 1 aromatic carbocycles. The molecule has 1 aromatic heterocycles. The van der Waals surface area contributed by atoms with Gasteiger partial charge < -0.3 is 10.1 Å². The van der Waals surface area contributed by atoms with Gasteiger partial charge in [-0.15, -0.1) is 11.3 Å². The van der Waals surface area contributed by atoms with E-state index in [2.05, 4.69) is 64.7 Å². The third-order valence-corrected chi connectivity index (χ3v) is 5.15. The lowest BCUT2D eigenvalue weighted by molar-refractivity contribution is 0.398. The second-order valence-electron chi connectivity index (χ2n) is 5.19. The predicted molar refractivity (Wildman–Crippen MR) is 94.5 cm³/mol. The van der Waals surface area contributed by atoms with Gasteiger partial charge in [-0.1, -0.05) is 24.6 Å². The number of nitrogens with one attached hydrogen (secondary N) is 1. The SMILES string of the molecule is CCCNC(Cc1cc(Br)cs1)c1cc(C)ccc1OC. The molecule has 2 rings (SSSR count). The average Bonchev–Trinajstić information content (AvgIpc) is 2.88. The summed E-state index contributed by atoms with van der Waals surface area (Å²) in [5.74, 6) is 0.963. The van der Waals surface area contributed by atoms with Crippen molar-refractivity contribution >= 4 is 27.3 Å². The molecule has 1 atom stereocenters. The van der Waals surface area contributed by atoms with Crippen LogP contribution in [0.5, 0.6) is 5.75 Å². The van der Waals surface area contributed by atoms with Gasteiger partial charge in [0.2, 0.25) is 0 Å². The number of halogens is 1. The summed E-state index contributed by atoms with van der Waals surface area (Å²) in [7, 11) is 1.74. The van der Waals surface area contributed by atoms with Crippen LogP contribution in [0.15, 0.2) is 34.1 Å². The summed E-state index contributed by atoms with van der Waals surface area (Å²) in [6.07, 6.45) is 2.11. The highest BCUT2D eigenvalue weighted by Crippen LogP contribution is 2.31. The van der Waals surface area contributed by atoms with Gasteiger partial charge in [0.1, 0.15) is 5.75 Å². The molecule has 0 spiro atoms. The van der Waals surface area contributed by atoms with Crippen LogP contribution in [0.4, 0.5) is 0 Å². The first-order valence-electron chi connectivity index (χ1n) is 7.25. The number of hydrogen-bond acceptors (Lipinski definition) is 3. The molecule has 0 radical (unpaired) electrons. The summed E-state index contributed by atoms with van der Waals surface area (Å²) >= 11 is 5.33. The van der Waals surface area contributed by atoms with Crippen molar-refractivity contribution in [3.8, 4) is 5.75 Å². The van der Waals surface area contributed by atoms with Crippen molar-refractivity contribution in [1.82, 2.24) is 5.32 Å². The van der Waals surface area contributed by atoms with E-state index in [-0.39, 0.29) is 6.04 Å². The first-order valence-corrected chi connectivity index (χ1v) is 8.92. The molecule has 0 saturated heterocycles. The molecule has 2 aromatic rings. The monoisotopic (exact) mass is 367 g/mol. The van der Waals surface area contributed by atoms with E-state index in [0.29, 0.717) is 0 Å². The Hall–Kier alpha value is -0.840. The number of rotatable bonds is 7. The number of thiophene rings is 1. The molecule has 1 unspecified atom stereocenters. The third-order valence-electron chi connectivity index (χ3n) is 3.43. The fourth-order valence-electron chi connectivity index (χ4n) is 2.40. The lowest BCUT2D eigenvalue weighted by atomic mass is 9.99. The quantitative estimate of drug-likeness (QED) is 0.733. The third kappa shape index (κ3) is 4.56. The number of aryl methyl sites for hydroxylation is 1. The van der Waals surface area contributed by atoms with Crippen LogP contribution in [-0.4, -0.2) is 13.7 Å². The Morgan fingerprint density at radius 1 is 1.33 bits per heavy atom. The van der Waals surface area contributed by atoms with E-state index in [1.165, 1.54) is 16.0 Å². The zero-order chi connectivity index (χ0) is 15.2. The highest BCUT2D eigenvalue weighted by atomic mass is 79.9. The van der Waals surface area contributed by atoms with Crippen molar-refractivity contribution in [2.75, 3.05) is 13.7 Å². The van der Waals surface area contributed by atoms with E-state index in [0.717, 1.165) is 29.6 Å². The Morgan fingerprint density at radius 3 is 2.76 bits per heavy atom. The second kappa shape index (κ2) is 7.97. The van der Waals surface area contributed by atoms with Crippen LogP contribution in [0, 0.1) is 6.92 Å². The summed E-state index contributed by atoms with van der Waals surface area (Å²) < 4.78 is 6.72. The fourth-order valence-corrected chi connectivity index (χ4v) is 3.90. The summed E-state index contributed by atoms with van der Waals surface area (Å²) in [5, 5.41) is 5.80. The molecule has 0 bridgehead atoms. The lowest BCUT2D eigenvalue weighted by Crippen LogP contribution is -2.24. The Morgan fingerprint density at radius 2 is 2.14 bits per heavy atom. The van der Waals surface area contributed by atoms with Crippen molar-refractivity contribution in [2.24, 2.45) is 0 Å². The standard InChI is InChI=1S/C17H22BrNOS/c1-4-7-19-16(10-14-9-13(18)11-21-14)15-8-12(2)5-6-17(15)20-3/h5-6,8-9,11,16,19H,4,7,10H2,1-3H3. The number of benzene rings is 1. The van der Waals surface area contributed by atoms with Gasteiger partial charge in [-0.05, 0) is 48.0 Å². The van der Waals surface area contributed by atoms with Gasteiger partial charge in [0.05, 0.1) is 7.11 Å². The molecule has 0 aliphatic heterocycles. The zero-order valence-corrected chi connectivity index (χ0v) is 15.2. The van der Waals surface area contributed by atoms with Crippen molar-refractivity contribution in [2.45, 2.75) is 32.7 Å². The molecule has 0 fully saturated rings. The van der Waals surface area contributed by atoms with E-state index in [9.17, 15) is 0 Å². The summed E-state index contributed by atoms with van der Waals surface area (Å²) in [4.78, 5) is 1.37. The first-order chi connectivity index (χ1) is 10.1. The zero-order valence-electron chi connectivity index (χ0n) is 12.8. The Balaban J connectivity index is 2.28. The number of methoxy groups -OCH3 is 1. The second-order valence-corrected chi connectivity index (χ2v) is 7.10. The maximum absolute atomic E-state index is 5.56. The predicted octanol–water partition coefficient (Wildman–Crippen LogP) is 5.11. The van der Waals surface area contributed by atoms with Gasteiger partial charge in [-0.25, -0.2) is 0 Å². The van der Waals surface area contributed by atoms with Gasteiger partial charge in [0.25, 0.3) is 0 Å². The topological polar surface area (TPSA) is 21.3 Å². The van der Waals surface area contributed by atoms with Crippen LogP contribution >= 0.6 is 27.3 Å². The minimum absolute atomic E-state index is 0.283. The highest BCUT2D eigenvalue weighted by molar-refractivity contribution is 9.10. The molecule has 1 N–H and O–H groups in total. The van der Waals surface area contributed by atoms with Crippen molar-refractivity contribution in [3.05, 3.63) is 50.1 Å². The molecule has 0 amide bonds. The summed E-state index contributed by atoms with van der Waals surface area (Å²) in [6, 6.07) is 8.88. The van der Waals surface area contributed by atoms with Crippen LogP contribution < -0.4 is 10.1 Å². The summed E-state index contributed by atoms with van der Waals surface area (Å²) in [6.45, 7) is 5.33. The van der Waals surface area contributed by atoms with Gasteiger partial charge in [-0.2, -0.15) is 0 Å². The van der Waals surface area contributed by atoms with Gasteiger partial charge in [0.15, 0.2) is 0 Å². The van der Waals surface area contributed by atoms with Gasteiger partial charge in [0, 0.05) is 32.8 Å². The van der Waals surface area contributed by atoms with E-state index in [1.54, 1.807) is 18.4 Å². The Bertz CT molecular complexity index is 582.